The summed E-state index contributed by atoms with van der Waals surface area (Å²) in [5, 5.41) is 8.99. The molecule has 7 heteroatoms. The minimum Gasteiger partial charge on any atom is -0.481 e. The number of carbonyl (C=O) groups is 1. The minimum atomic E-state index is -3.46. The van der Waals surface area contributed by atoms with Crippen LogP contribution in [0.25, 0.3) is 0 Å². The van der Waals surface area contributed by atoms with E-state index in [1.807, 2.05) is 6.92 Å². The van der Waals surface area contributed by atoms with Gasteiger partial charge in [-0.3, -0.25) is 4.79 Å². The van der Waals surface area contributed by atoms with Crippen LogP contribution in [0.4, 0.5) is 0 Å². The van der Waals surface area contributed by atoms with E-state index in [9.17, 15) is 13.2 Å². The molecule has 2 unspecified atom stereocenters. The summed E-state index contributed by atoms with van der Waals surface area (Å²) in [6.45, 7) is 4.59. The van der Waals surface area contributed by atoms with Gasteiger partial charge in [0.2, 0.25) is 0 Å². The number of piperidine rings is 1. The third-order valence-corrected chi connectivity index (χ3v) is 5.79. The second kappa shape index (κ2) is 6.67. The van der Waals surface area contributed by atoms with Gasteiger partial charge in [-0.15, -0.1) is 0 Å². The summed E-state index contributed by atoms with van der Waals surface area (Å²) in [4.78, 5) is 11.0. The fraction of sp³-hybridized carbons (Fsp3) is 0.917. The molecule has 2 atom stereocenters. The smallest absolute Gasteiger partial charge is 0.306 e. The van der Waals surface area contributed by atoms with Gasteiger partial charge in [-0.25, -0.2) is 0 Å². The van der Waals surface area contributed by atoms with Crippen molar-refractivity contribution in [3.8, 4) is 0 Å². The van der Waals surface area contributed by atoms with Crippen LogP contribution in [-0.2, 0) is 15.0 Å². The molecule has 1 fully saturated rings. The van der Waals surface area contributed by atoms with Crippen molar-refractivity contribution in [3.63, 3.8) is 0 Å². The highest BCUT2D eigenvalue weighted by Gasteiger charge is 2.37. The van der Waals surface area contributed by atoms with E-state index in [4.69, 9.17) is 5.11 Å². The third-order valence-electron chi connectivity index (χ3n) is 3.68. The van der Waals surface area contributed by atoms with Crippen LogP contribution in [0.3, 0.4) is 0 Å². The summed E-state index contributed by atoms with van der Waals surface area (Å²) in [6, 6.07) is -0.260. The summed E-state index contributed by atoms with van der Waals surface area (Å²) in [5.41, 5.74) is 0. The Bertz CT molecular complexity index is 410. The van der Waals surface area contributed by atoms with Gasteiger partial charge in [-0.05, 0) is 26.2 Å². The number of carboxylic acids is 1. The Morgan fingerprint density at radius 3 is 2.58 bits per heavy atom. The largest absolute Gasteiger partial charge is 0.481 e. The molecule has 0 aromatic heterocycles. The van der Waals surface area contributed by atoms with Crippen molar-refractivity contribution >= 4 is 16.2 Å². The molecule has 0 bridgehead atoms. The lowest BCUT2D eigenvalue weighted by Gasteiger charge is -2.37. The van der Waals surface area contributed by atoms with Gasteiger partial charge >= 0.3 is 5.97 Å². The second-order valence-electron chi connectivity index (χ2n) is 5.20. The monoisotopic (exact) mass is 292 g/mol. The van der Waals surface area contributed by atoms with Gasteiger partial charge < -0.3 is 5.11 Å². The first kappa shape index (κ1) is 16.4. The van der Waals surface area contributed by atoms with Crippen LogP contribution in [0.15, 0.2) is 0 Å². The summed E-state index contributed by atoms with van der Waals surface area (Å²) in [6.07, 6.45) is 2.54. The number of nitrogens with zero attached hydrogens (tertiary/aromatic N) is 2. The first-order valence-corrected chi connectivity index (χ1v) is 8.16. The molecule has 112 valence electrons. The molecule has 1 N–H and O–H groups in total. The Morgan fingerprint density at radius 1 is 1.47 bits per heavy atom. The predicted molar refractivity (Wildman–Crippen MR) is 73.0 cm³/mol. The summed E-state index contributed by atoms with van der Waals surface area (Å²) in [7, 11) is -1.87. The molecule has 6 nitrogen and oxygen atoms in total. The predicted octanol–water partition coefficient (Wildman–Crippen LogP) is 1.15. The van der Waals surface area contributed by atoms with E-state index in [0.717, 1.165) is 12.8 Å². The molecular formula is C12H24N2O4S. The van der Waals surface area contributed by atoms with Crippen molar-refractivity contribution in [3.05, 3.63) is 0 Å². The molecule has 0 radical (unpaired) electrons. The lowest BCUT2D eigenvalue weighted by Crippen LogP contribution is -2.51. The van der Waals surface area contributed by atoms with Crippen molar-refractivity contribution in [1.29, 1.82) is 0 Å². The Labute approximate surface area is 115 Å². The second-order valence-corrected chi connectivity index (χ2v) is 7.19. The first-order chi connectivity index (χ1) is 8.80. The van der Waals surface area contributed by atoms with E-state index in [0.29, 0.717) is 19.4 Å². The highest BCUT2D eigenvalue weighted by molar-refractivity contribution is 7.86. The molecule has 1 aliphatic heterocycles. The zero-order chi connectivity index (χ0) is 14.6. The summed E-state index contributed by atoms with van der Waals surface area (Å²) < 4.78 is 27.6. The molecule has 0 aromatic rings. The standard InChI is InChI=1S/C12H24N2O4S/c1-4-5-7-13(3)19(17,18)14-8-6-11(12(15)16)9-10(14)2/h10-11H,4-9H2,1-3H3,(H,15,16). The van der Waals surface area contributed by atoms with E-state index in [1.165, 1.54) is 8.61 Å². The number of carboxylic acid groups (broad SMARTS) is 1. The van der Waals surface area contributed by atoms with Gasteiger partial charge in [0.05, 0.1) is 5.92 Å². The molecule has 0 amide bonds. The molecular weight excluding hydrogens is 268 g/mol. The molecule has 0 aliphatic carbocycles. The summed E-state index contributed by atoms with van der Waals surface area (Å²) >= 11 is 0. The van der Waals surface area contributed by atoms with Crippen molar-refractivity contribution in [1.82, 2.24) is 8.61 Å². The number of rotatable bonds is 6. The van der Waals surface area contributed by atoms with Gasteiger partial charge in [0.1, 0.15) is 0 Å². The average Bonchev–Trinajstić information content (AvgIpc) is 2.35. The van der Waals surface area contributed by atoms with Crippen LogP contribution >= 0.6 is 0 Å². The van der Waals surface area contributed by atoms with E-state index < -0.39 is 22.1 Å². The minimum absolute atomic E-state index is 0.260. The van der Waals surface area contributed by atoms with Crippen LogP contribution < -0.4 is 0 Å². The highest BCUT2D eigenvalue weighted by atomic mass is 32.2. The van der Waals surface area contributed by atoms with Crippen molar-refractivity contribution in [2.24, 2.45) is 5.92 Å². The quantitative estimate of drug-likeness (QED) is 0.796. The number of aliphatic carboxylic acids is 1. The Balaban J connectivity index is 2.72. The zero-order valence-corrected chi connectivity index (χ0v) is 12.7. The molecule has 0 saturated carbocycles. The van der Waals surface area contributed by atoms with Crippen molar-refractivity contribution < 1.29 is 18.3 Å². The van der Waals surface area contributed by atoms with Gasteiger partial charge in [0.25, 0.3) is 10.2 Å². The van der Waals surface area contributed by atoms with E-state index in [-0.39, 0.29) is 12.6 Å². The van der Waals surface area contributed by atoms with Gasteiger partial charge in [-0.1, -0.05) is 13.3 Å². The van der Waals surface area contributed by atoms with Crippen molar-refractivity contribution in [2.75, 3.05) is 20.1 Å². The van der Waals surface area contributed by atoms with Crippen LogP contribution in [0, 0.1) is 5.92 Å². The number of hydrogen-bond acceptors (Lipinski definition) is 3. The van der Waals surface area contributed by atoms with Gasteiger partial charge in [-0.2, -0.15) is 17.0 Å². The molecule has 1 aliphatic rings. The fourth-order valence-corrected chi connectivity index (χ4v) is 3.99. The normalized spacial score (nSPS) is 25.7. The maximum Gasteiger partial charge on any atom is 0.306 e. The first-order valence-electron chi connectivity index (χ1n) is 6.76. The van der Waals surface area contributed by atoms with E-state index >= 15 is 0 Å². The highest BCUT2D eigenvalue weighted by Crippen LogP contribution is 2.26. The zero-order valence-electron chi connectivity index (χ0n) is 11.9. The summed E-state index contributed by atoms with van der Waals surface area (Å²) in [5.74, 6) is -1.26. The maximum atomic E-state index is 12.4. The lowest BCUT2D eigenvalue weighted by atomic mass is 9.93. The van der Waals surface area contributed by atoms with E-state index in [2.05, 4.69) is 0 Å². The van der Waals surface area contributed by atoms with Gasteiger partial charge in [0, 0.05) is 26.2 Å². The Kier molecular flexibility index (Phi) is 5.76. The molecule has 0 aromatic carbocycles. The Hall–Kier alpha value is -0.660. The number of unbranched alkanes of at least 4 members (excludes halogenated alkanes) is 1. The molecule has 1 saturated heterocycles. The van der Waals surface area contributed by atoms with Gasteiger partial charge in [0.15, 0.2) is 0 Å². The number of hydrogen-bond donors (Lipinski definition) is 1. The van der Waals surface area contributed by atoms with E-state index in [1.54, 1.807) is 14.0 Å². The molecule has 1 heterocycles. The molecule has 1 rings (SSSR count). The molecule has 19 heavy (non-hydrogen) atoms. The lowest BCUT2D eigenvalue weighted by molar-refractivity contribution is -0.143. The third kappa shape index (κ3) is 3.90. The van der Waals surface area contributed by atoms with Crippen LogP contribution in [-0.4, -0.2) is 54.3 Å². The molecule has 0 spiro atoms. The van der Waals surface area contributed by atoms with Crippen LogP contribution in [0.2, 0.25) is 0 Å². The Morgan fingerprint density at radius 2 is 2.11 bits per heavy atom. The van der Waals surface area contributed by atoms with Crippen LogP contribution in [0.1, 0.15) is 39.5 Å². The van der Waals surface area contributed by atoms with Crippen LogP contribution in [0.5, 0.6) is 0 Å². The SMILES string of the molecule is CCCCN(C)S(=O)(=O)N1CCC(C(=O)O)CC1C. The van der Waals surface area contributed by atoms with Crippen molar-refractivity contribution in [2.45, 2.75) is 45.6 Å². The fourth-order valence-electron chi connectivity index (χ4n) is 2.39. The topological polar surface area (TPSA) is 77.9 Å². The average molecular weight is 292 g/mol. The maximum absolute atomic E-state index is 12.4.